The van der Waals surface area contributed by atoms with Crippen LogP contribution in [0.1, 0.15) is 20.8 Å². The van der Waals surface area contributed by atoms with Crippen molar-refractivity contribution < 1.29 is 4.79 Å². The van der Waals surface area contributed by atoms with E-state index in [0.717, 1.165) is 13.1 Å². The minimum absolute atomic E-state index is 0.0395. The highest BCUT2D eigenvalue weighted by molar-refractivity contribution is 7.99. The first-order valence-corrected chi connectivity index (χ1v) is 6.13. The van der Waals surface area contributed by atoms with E-state index >= 15 is 0 Å². The molecule has 2 N–H and O–H groups in total. The van der Waals surface area contributed by atoms with Gasteiger partial charge in [-0.05, 0) is 27.2 Å². The van der Waals surface area contributed by atoms with Crippen LogP contribution in [0.25, 0.3) is 0 Å². The number of carbonyl (C=O) groups excluding carboxylic acids is 1. The molecular weight excluding hydrogens is 196 g/mol. The predicted molar refractivity (Wildman–Crippen MR) is 63.7 cm³/mol. The Bertz CT molecular complexity index is 183. The fraction of sp³-hybridized carbons (Fsp3) is 0.900. The number of hydrogen-bond donors (Lipinski definition) is 2. The van der Waals surface area contributed by atoms with Gasteiger partial charge in [0.2, 0.25) is 5.91 Å². The SMILES string of the molecule is CNCC(C)C(=O)NCC(C)(C)SC. The van der Waals surface area contributed by atoms with Crippen molar-refractivity contribution in [3.63, 3.8) is 0 Å². The Labute approximate surface area is 91.4 Å². The summed E-state index contributed by atoms with van der Waals surface area (Å²) in [6, 6.07) is 0. The van der Waals surface area contributed by atoms with E-state index in [2.05, 4.69) is 30.7 Å². The zero-order valence-corrected chi connectivity index (χ0v) is 10.6. The van der Waals surface area contributed by atoms with Crippen LogP contribution in [0.3, 0.4) is 0 Å². The second kappa shape index (κ2) is 6.30. The maximum absolute atomic E-state index is 11.5. The molecular formula is C10H22N2OS. The van der Waals surface area contributed by atoms with Gasteiger partial charge in [0.25, 0.3) is 0 Å². The van der Waals surface area contributed by atoms with E-state index in [0.29, 0.717) is 0 Å². The van der Waals surface area contributed by atoms with Gasteiger partial charge in [0.05, 0.1) is 0 Å². The topological polar surface area (TPSA) is 41.1 Å². The van der Waals surface area contributed by atoms with Crippen LogP contribution in [-0.4, -0.2) is 37.0 Å². The standard InChI is InChI=1S/C10H22N2OS/c1-8(6-11-4)9(13)12-7-10(2,3)14-5/h8,11H,6-7H2,1-5H3,(H,12,13). The largest absolute Gasteiger partial charge is 0.354 e. The molecule has 0 aliphatic carbocycles. The molecule has 0 saturated carbocycles. The lowest BCUT2D eigenvalue weighted by molar-refractivity contribution is -0.124. The van der Waals surface area contributed by atoms with Gasteiger partial charge in [-0.3, -0.25) is 4.79 Å². The van der Waals surface area contributed by atoms with Gasteiger partial charge in [-0.1, -0.05) is 6.92 Å². The lowest BCUT2D eigenvalue weighted by Gasteiger charge is -2.23. The van der Waals surface area contributed by atoms with Gasteiger partial charge < -0.3 is 10.6 Å². The van der Waals surface area contributed by atoms with Crippen LogP contribution in [0.4, 0.5) is 0 Å². The Kier molecular flexibility index (Phi) is 6.20. The lowest BCUT2D eigenvalue weighted by Crippen LogP contribution is -2.40. The summed E-state index contributed by atoms with van der Waals surface area (Å²) in [7, 11) is 1.86. The van der Waals surface area contributed by atoms with Gasteiger partial charge in [0.1, 0.15) is 0 Å². The van der Waals surface area contributed by atoms with Crippen LogP contribution in [0.5, 0.6) is 0 Å². The molecule has 0 heterocycles. The fourth-order valence-electron chi connectivity index (χ4n) is 0.945. The maximum Gasteiger partial charge on any atom is 0.224 e. The smallest absolute Gasteiger partial charge is 0.224 e. The summed E-state index contributed by atoms with van der Waals surface area (Å²) in [5.41, 5.74) is 0. The summed E-state index contributed by atoms with van der Waals surface area (Å²) in [6.07, 6.45) is 2.06. The molecule has 0 radical (unpaired) electrons. The highest BCUT2D eigenvalue weighted by Crippen LogP contribution is 2.19. The molecule has 0 rings (SSSR count). The molecule has 0 aliphatic rings. The number of rotatable bonds is 6. The Morgan fingerprint density at radius 2 is 2.07 bits per heavy atom. The summed E-state index contributed by atoms with van der Waals surface area (Å²) < 4.78 is 0.120. The van der Waals surface area contributed by atoms with Crippen molar-refractivity contribution in [2.24, 2.45) is 5.92 Å². The molecule has 1 atom stereocenters. The highest BCUT2D eigenvalue weighted by atomic mass is 32.2. The summed E-state index contributed by atoms with van der Waals surface area (Å²) >= 11 is 1.76. The summed E-state index contributed by atoms with van der Waals surface area (Å²) in [5.74, 6) is 0.166. The molecule has 1 amide bonds. The summed E-state index contributed by atoms with van der Waals surface area (Å²) in [6.45, 7) is 7.63. The molecule has 0 aromatic carbocycles. The summed E-state index contributed by atoms with van der Waals surface area (Å²) in [5, 5.41) is 5.95. The van der Waals surface area contributed by atoms with Gasteiger partial charge in [-0.25, -0.2) is 0 Å². The van der Waals surface area contributed by atoms with Crippen molar-refractivity contribution in [2.45, 2.75) is 25.5 Å². The molecule has 3 nitrogen and oxygen atoms in total. The molecule has 1 unspecified atom stereocenters. The average Bonchev–Trinajstić information content (AvgIpc) is 2.15. The van der Waals surface area contributed by atoms with Crippen LogP contribution in [0, 0.1) is 5.92 Å². The quantitative estimate of drug-likeness (QED) is 0.701. The molecule has 0 aliphatic heterocycles. The molecule has 0 bridgehead atoms. The van der Waals surface area contributed by atoms with Crippen molar-refractivity contribution in [3.8, 4) is 0 Å². The molecule has 4 heteroatoms. The Balaban J connectivity index is 3.84. The maximum atomic E-state index is 11.5. The third-order valence-corrected chi connectivity index (χ3v) is 3.45. The first kappa shape index (κ1) is 13.8. The second-order valence-electron chi connectivity index (χ2n) is 4.14. The number of amides is 1. The van der Waals surface area contributed by atoms with Crippen molar-refractivity contribution in [3.05, 3.63) is 0 Å². The van der Waals surface area contributed by atoms with Crippen LogP contribution in [0.15, 0.2) is 0 Å². The van der Waals surface area contributed by atoms with Crippen molar-refractivity contribution in [2.75, 3.05) is 26.4 Å². The number of carbonyl (C=O) groups is 1. The minimum atomic E-state index is 0.0395. The summed E-state index contributed by atoms with van der Waals surface area (Å²) in [4.78, 5) is 11.5. The third kappa shape index (κ3) is 5.50. The van der Waals surface area contributed by atoms with E-state index in [9.17, 15) is 4.79 Å². The molecule has 0 fully saturated rings. The number of nitrogens with one attached hydrogen (secondary N) is 2. The predicted octanol–water partition coefficient (Wildman–Crippen LogP) is 1.10. The van der Waals surface area contributed by atoms with E-state index in [4.69, 9.17) is 0 Å². The van der Waals surface area contributed by atoms with E-state index in [1.807, 2.05) is 14.0 Å². The zero-order valence-electron chi connectivity index (χ0n) is 9.81. The Hall–Kier alpha value is -0.220. The fourth-order valence-corrected chi connectivity index (χ4v) is 1.16. The highest BCUT2D eigenvalue weighted by Gasteiger charge is 2.18. The van der Waals surface area contributed by atoms with Crippen molar-refractivity contribution in [1.82, 2.24) is 10.6 Å². The third-order valence-electron chi connectivity index (χ3n) is 2.20. The molecule has 14 heavy (non-hydrogen) atoms. The minimum Gasteiger partial charge on any atom is -0.354 e. The van der Waals surface area contributed by atoms with E-state index in [1.54, 1.807) is 11.8 Å². The van der Waals surface area contributed by atoms with E-state index in [1.165, 1.54) is 0 Å². The van der Waals surface area contributed by atoms with Crippen LogP contribution >= 0.6 is 11.8 Å². The number of hydrogen-bond acceptors (Lipinski definition) is 3. The Morgan fingerprint density at radius 3 is 2.50 bits per heavy atom. The normalized spacial score (nSPS) is 13.8. The molecule has 0 saturated heterocycles. The molecule has 0 spiro atoms. The monoisotopic (exact) mass is 218 g/mol. The first-order valence-electron chi connectivity index (χ1n) is 4.90. The van der Waals surface area contributed by atoms with E-state index in [-0.39, 0.29) is 16.6 Å². The Morgan fingerprint density at radius 1 is 1.50 bits per heavy atom. The van der Waals surface area contributed by atoms with E-state index < -0.39 is 0 Å². The van der Waals surface area contributed by atoms with Gasteiger partial charge in [0.15, 0.2) is 0 Å². The lowest BCUT2D eigenvalue weighted by atomic mass is 10.1. The average molecular weight is 218 g/mol. The second-order valence-corrected chi connectivity index (χ2v) is 5.65. The van der Waals surface area contributed by atoms with Crippen molar-refractivity contribution in [1.29, 1.82) is 0 Å². The first-order chi connectivity index (χ1) is 6.43. The number of thioether (sulfide) groups is 1. The molecule has 0 aromatic rings. The van der Waals surface area contributed by atoms with Gasteiger partial charge in [0, 0.05) is 23.8 Å². The molecule has 0 aromatic heterocycles. The van der Waals surface area contributed by atoms with Crippen molar-refractivity contribution >= 4 is 17.7 Å². The van der Waals surface area contributed by atoms with Crippen LogP contribution in [0.2, 0.25) is 0 Å². The van der Waals surface area contributed by atoms with Gasteiger partial charge in [-0.2, -0.15) is 11.8 Å². The molecule has 84 valence electrons. The van der Waals surface area contributed by atoms with Crippen LogP contribution < -0.4 is 10.6 Å². The van der Waals surface area contributed by atoms with Gasteiger partial charge >= 0.3 is 0 Å². The zero-order chi connectivity index (χ0) is 11.2. The van der Waals surface area contributed by atoms with Gasteiger partial charge in [-0.15, -0.1) is 0 Å². The van der Waals surface area contributed by atoms with Crippen LogP contribution in [-0.2, 0) is 4.79 Å².